The van der Waals surface area contributed by atoms with Crippen LogP contribution in [0.2, 0.25) is 0 Å². The van der Waals surface area contributed by atoms with E-state index < -0.39 is 0 Å². The first-order valence-corrected chi connectivity index (χ1v) is 10.7. The Labute approximate surface area is 180 Å². The Morgan fingerprint density at radius 2 is 2.10 bits per heavy atom. The van der Waals surface area contributed by atoms with Crippen molar-refractivity contribution >= 4 is 16.9 Å². The molecule has 0 radical (unpaired) electrons. The Bertz CT molecular complexity index is 1030. The number of pyridine rings is 1. The number of likely N-dealkylation sites (tertiary alicyclic amines) is 1. The van der Waals surface area contributed by atoms with Crippen molar-refractivity contribution < 1.29 is 18.4 Å². The van der Waals surface area contributed by atoms with E-state index in [0.717, 1.165) is 56.4 Å². The average molecular weight is 426 g/mol. The molecule has 1 saturated heterocycles. The van der Waals surface area contributed by atoms with E-state index in [9.17, 15) is 9.18 Å². The van der Waals surface area contributed by atoms with Gasteiger partial charge in [-0.25, -0.2) is 4.39 Å². The normalized spacial score (nSPS) is 15.3. The monoisotopic (exact) mass is 426 g/mol. The van der Waals surface area contributed by atoms with Crippen LogP contribution >= 0.6 is 0 Å². The highest BCUT2D eigenvalue weighted by molar-refractivity contribution is 5.93. The van der Waals surface area contributed by atoms with Gasteiger partial charge in [0.1, 0.15) is 11.6 Å². The Hall–Kier alpha value is -3.00. The zero-order chi connectivity index (χ0) is 21.6. The number of fused-ring (bicyclic) bond motifs is 1. The molecule has 3 aromatic rings. The molecule has 8 heteroatoms. The number of unbranched alkanes of at least 4 members (excludes halogenated alkanes) is 1. The number of nitrogens with zero attached hydrogens (tertiary/aromatic N) is 3. The van der Waals surface area contributed by atoms with E-state index in [1.54, 1.807) is 25.4 Å². The number of benzene rings is 1. The fraction of sp³-hybridized carbons (Fsp3) is 0.435. The lowest BCUT2D eigenvalue weighted by atomic mass is 9.91. The lowest BCUT2D eigenvalue weighted by Gasteiger charge is -2.31. The maximum absolute atomic E-state index is 13.4. The van der Waals surface area contributed by atoms with Crippen LogP contribution in [0.1, 0.15) is 47.7 Å². The van der Waals surface area contributed by atoms with E-state index in [1.807, 2.05) is 0 Å². The standard InChI is InChI=1S/C23H27FN4O3/c1-25-23(29)17-12-19(15-26-14-17)30-11-3-2-8-28-9-6-16(7-10-28)22-20-5-4-18(24)13-21(20)31-27-22/h4-5,12-16H,2-3,6-11H2,1H3,(H,25,29). The summed E-state index contributed by atoms with van der Waals surface area (Å²) >= 11 is 0. The van der Waals surface area contributed by atoms with Gasteiger partial charge in [0.2, 0.25) is 0 Å². The number of halogens is 1. The molecule has 31 heavy (non-hydrogen) atoms. The van der Waals surface area contributed by atoms with Crippen molar-refractivity contribution in [2.75, 3.05) is 33.3 Å². The number of hydrogen-bond donors (Lipinski definition) is 1. The van der Waals surface area contributed by atoms with Gasteiger partial charge >= 0.3 is 0 Å². The predicted molar refractivity (Wildman–Crippen MR) is 115 cm³/mol. The number of rotatable bonds is 8. The summed E-state index contributed by atoms with van der Waals surface area (Å²) in [7, 11) is 1.59. The van der Waals surface area contributed by atoms with Crippen LogP contribution in [0.15, 0.2) is 41.2 Å². The Kier molecular flexibility index (Phi) is 6.76. The van der Waals surface area contributed by atoms with Crippen LogP contribution < -0.4 is 10.1 Å². The van der Waals surface area contributed by atoms with E-state index in [1.165, 1.54) is 18.3 Å². The maximum Gasteiger partial charge on any atom is 0.252 e. The second-order valence-electron chi connectivity index (χ2n) is 7.87. The van der Waals surface area contributed by atoms with E-state index in [4.69, 9.17) is 9.26 Å². The first-order chi connectivity index (χ1) is 15.1. The molecule has 2 aromatic heterocycles. The molecule has 0 aliphatic carbocycles. The molecule has 0 spiro atoms. The fourth-order valence-corrected chi connectivity index (χ4v) is 4.05. The quantitative estimate of drug-likeness (QED) is 0.553. The SMILES string of the molecule is CNC(=O)c1cncc(OCCCCN2CCC(c3noc4cc(F)ccc34)CC2)c1. The zero-order valence-corrected chi connectivity index (χ0v) is 17.6. The number of ether oxygens (including phenoxy) is 1. The van der Waals surface area contributed by atoms with Crippen LogP contribution in [0.4, 0.5) is 4.39 Å². The van der Waals surface area contributed by atoms with Crippen molar-refractivity contribution in [1.82, 2.24) is 20.4 Å². The van der Waals surface area contributed by atoms with Gasteiger partial charge in [0.25, 0.3) is 5.91 Å². The third-order valence-corrected chi connectivity index (χ3v) is 5.78. The molecule has 1 amide bonds. The lowest BCUT2D eigenvalue weighted by molar-refractivity contribution is 0.0962. The molecule has 1 aliphatic heterocycles. The number of carbonyl (C=O) groups is 1. The van der Waals surface area contributed by atoms with Gasteiger partial charge in [-0.15, -0.1) is 0 Å². The van der Waals surface area contributed by atoms with E-state index >= 15 is 0 Å². The molecule has 164 valence electrons. The Morgan fingerprint density at radius 3 is 2.90 bits per heavy atom. The van der Waals surface area contributed by atoms with Gasteiger partial charge < -0.3 is 19.5 Å². The van der Waals surface area contributed by atoms with E-state index in [-0.39, 0.29) is 11.7 Å². The largest absolute Gasteiger partial charge is 0.492 e. The summed E-state index contributed by atoms with van der Waals surface area (Å²) in [6, 6.07) is 6.33. The van der Waals surface area contributed by atoms with Crippen molar-refractivity contribution in [2.45, 2.75) is 31.6 Å². The smallest absolute Gasteiger partial charge is 0.252 e. The van der Waals surface area contributed by atoms with Gasteiger partial charge in [-0.2, -0.15) is 0 Å². The number of carbonyl (C=O) groups excluding carboxylic acids is 1. The molecule has 0 unspecified atom stereocenters. The van der Waals surface area contributed by atoms with Crippen LogP contribution in [0.25, 0.3) is 11.0 Å². The maximum atomic E-state index is 13.4. The number of nitrogens with one attached hydrogen (secondary N) is 1. The first kappa shape index (κ1) is 21.2. The van der Waals surface area contributed by atoms with E-state index in [0.29, 0.717) is 29.4 Å². The van der Waals surface area contributed by atoms with Crippen LogP contribution in [-0.2, 0) is 0 Å². The Morgan fingerprint density at radius 1 is 1.26 bits per heavy atom. The second-order valence-corrected chi connectivity index (χ2v) is 7.87. The molecule has 7 nitrogen and oxygen atoms in total. The van der Waals surface area contributed by atoms with Gasteiger partial charge in [0.15, 0.2) is 5.58 Å². The van der Waals surface area contributed by atoms with Crippen molar-refractivity contribution in [2.24, 2.45) is 0 Å². The summed E-state index contributed by atoms with van der Waals surface area (Å²) in [6.07, 6.45) is 7.17. The minimum atomic E-state index is -0.301. The van der Waals surface area contributed by atoms with Gasteiger partial charge in [0, 0.05) is 30.6 Å². The van der Waals surface area contributed by atoms with Crippen LogP contribution in [0, 0.1) is 5.82 Å². The fourth-order valence-electron chi connectivity index (χ4n) is 4.05. The molecule has 3 heterocycles. The molecular formula is C23H27FN4O3. The highest BCUT2D eigenvalue weighted by Crippen LogP contribution is 2.32. The number of hydrogen-bond acceptors (Lipinski definition) is 6. The van der Waals surface area contributed by atoms with Gasteiger partial charge in [-0.1, -0.05) is 5.16 Å². The molecule has 4 rings (SSSR count). The Balaban J connectivity index is 1.18. The molecule has 1 aliphatic rings. The number of amides is 1. The predicted octanol–water partition coefficient (Wildman–Crippen LogP) is 3.76. The molecule has 0 bridgehead atoms. The summed E-state index contributed by atoms with van der Waals surface area (Å²) in [5.74, 6) is 0.490. The van der Waals surface area contributed by atoms with Crippen molar-refractivity contribution in [3.63, 3.8) is 0 Å². The van der Waals surface area contributed by atoms with Gasteiger partial charge in [-0.3, -0.25) is 9.78 Å². The molecule has 0 saturated carbocycles. The third kappa shape index (κ3) is 5.19. The first-order valence-electron chi connectivity index (χ1n) is 10.7. The average Bonchev–Trinajstić information content (AvgIpc) is 3.22. The molecular weight excluding hydrogens is 399 g/mol. The molecule has 1 N–H and O–H groups in total. The summed E-state index contributed by atoms with van der Waals surface area (Å²) < 4.78 is 24.4. The minimum Gasteiger partial charge on any atom is -0.492 e. The van der Waals surface area contributed by atoms with Crippen LogP contribution in [-0.4, -0.2) is 54.2 Å². The third-order valence-electron chi connectivity index (χ3n) is 5.78. The van der Waals surface area contributed by atoms with Crippen molar-refractivity contribution in [3.05, 3.63) is 53.7 Å². The van der Waals surface area contributed by atoms with Crippen LogP contribution in [0.3, 0.4) is 0 Å². The van der Waals surface area contributed by atoms with Crippen molar-refractivity contribution in [3.8, 4) is 5.75 Å². The van der Waals surface area contributed by atoms with Gasteiger partial charge in [-0.05, 0) is 63.5 Å². The highest BCUT2D eigenvalue weighted by Gasteiger charge is 2.24. The molecule has 1 fully saturated rings. The molecule has 0 atom stereocenters. The minimum absolute atomic E-state index is 0.174. The summed E-state index contributed by atoms with van der Waals surface area (Å²) in [5.41, 5.74) is 1.97. The van der Waals surface area contributed by atoms with Crippen molar-refractivity contribution in [1.29, 1.82) is 0 Å². The summed E-state index contributed by atoms with van der Waals surface area (Å²) in [4.78, 5) is 18.2. The lowest BCUT2D eigenvalue weighted by Crippen LogP contribution is -2.34. The van der Waals surface area contributed by atoms with E-state index in [2.05, 4.69) is 20.4 Å². The summed E-state index contributed by atoms with van der Waals surface area (Å²) in [6.45, 7) is 3.65. The highest BCUT2D eigenvalue weighted by atomic mass is 19.1. The number of aromatic nitrogens is 2. The molecule has 1 aromatic carbocycles. The van der Waals surface area contributed by atoms with Crippen LogP contribution in [0.5, 0.6) is 5.75 Å². The zero-order valence-electron chi connectivity index (χ0n) is 17.6. The number of piperidine rings is 1. The topological polar surface area (TPSA) is 80.5 Å². The summed E-state index contributed by atoms with van der Waals surface area (Å²) in [5, 5.41) is 7.72. The second kappa shape index (κ2) is 9.87. The van der Waals surface area contributed by atoms with Gasteiger partial charge in [0.05, 0.1) is 24.1 Å².